The summed E-state index contributed by atoms with van der Waals surface area (Å²) in [6.45, 7) is 9.80. The summed E-state index contributed by atoms with van der Waals surface area (Å²) in [5.41, 5.74) is 1.08. The highest BCUT2D eigenvalue weighted by Crippen LogP contribution is 2.39. The lowest BCUT2D eigenvalue weighted by Crippen LogP contribution is -2.28. The lowest BCUT2D eigenvalue weighted by molar-refractivity contribution is 0.462. The number of allylic oxidation sites excluding steroid dienone is 2. The second kappa shape index (κ2) is 5.88. The van der Waals surface area contributed by atoms with Crippen LogP contribution in [-0.2, 0) is 0 Å². The summed E-state index contributed by atoms with van der Waals surface area (Å²) in [4.78, 5) is 0. The third-order valence-corrected chi connectivity index (χ3v) is 6.94. The van der Waals surface area contributed by atoms with Crippen LogP contribution in [0.25, 0.3) is 0 Å². The van der Waals surface area contributed by atoms with Gasteiger partial charge in [-0.05, 0) is 31.2 Å². The average molecular weight is 224 g/mol. The predicted octanol–water partition coefficient (Wildman–Crippen LogP) is 5.24. The summed E-state index contributed by atoms with van der Waals surface area (Å²) in [7, 11) is -0.894. The van der Waals surface area contributed by atoms with Crippen molar-refractivity contribution in [3.8, 4) is 0 Å². The molecule has 0 aliphatic heterocycles. The average Bonchev–Trinajstić information content (AvgIpc) is 2.38. The summed E-state index contributed by atoms with van der Waals surface area (Å²) in [6, 6.07) is 0. The van der Waals surface area contributed by atoms with Crippen LogP contribution < -0.4 is 0 Å². The van der Waals surface area contributed by atoms with Gasteiger partial charge in [-0.25, -0.2) is 0 Å². The molecule has 0 aromatic rings. The van der Waals surface area contributed by atoms with Gasteiger partial charge in [-0.3, -0.25) is 0 Å². The van der Waals surface area contributed by atoms with E-state index in [2.05, 4.69) is 38.7 Å². The minimum Gasteiger partial charge on any atom is -0.0917 e. The van der Waals surface area contributed by atoms with E-state index in [1.54, 1.807) is 0 Å². The molecule has 0 aromatic carbocycles. The molecular weight excluding hydrogens is 196 g/mol. The SMILES string of the molecule is CC=CCC1CCCCC([Si](C)(C)C)C1. The van der Waals surface area contributed by atoms with Crippen molar-refractivity contribution in [2.24, 2.45) is 5.92 Å². The van der Waals surface area contributed by atoms with Crippen LogP contribution in [0.4, 0.5) is 0 Å². The van der Waals surface area contributed by atoms with Crippen molar-refractivity contribution in [3.63, 3.8) is 0 Å². The largest absolute Gasteiger partial charge is 0.0917 e. The molecule has 1 aliphatic carbocycles. The van der Waals surface area contributed by atoms with E-state index in [0.717, 1.165) is 11.5 Å². The van der Waals surface area contributed by atoms with Crippen LogP contribution >= 0.6 is 0 Å². The molecule has 0 aromatic heterocycles. The maximum Gasteiger partial charge on any atom is 0.0473 e. The fraction of sp³-hybridized carbons (Fsp3) is 0.857. The molecule has 0 N–H and O–H groups in total. The van der Waals surface area contributed by atoms with Gasteiger partial charge in [0.05, 0.1) is 0 Å². The molecule has 0 radical (unpaired) electrons. The van der Waals surface area contributed by atoms with Gasteiger partial charge < -0.3 is 0 Å². The Kier molecular flexibility index (Phi) is 5.11. The van der Waals surface area contributed by atoms with E-state index < -0.39 is 8.07 Å². The Hall–Kier alpha value is -0.0431. The normalized spacial score (nSPS) is 29.3. The van der Waals surface area contributed by atoms with E-state index in [1.165, 1.54) is 38.5 Å². The van der Waals surface area contributed by atoms with E-state index in [1.807, 2.05) is 0 Å². The van der Waals surface area contributed by atoms with Crippen molar-refractivity contribution < 1.29 is 0 Å². The fourth-order valence-electron chi connectivity index (χ4n) is 2.79. The molecule has 0 saturated heterocycles. The molecule has 15 heavy (non-hydrogen) atoms. The Labute approximate surface area is 97.2 Å². The molecule has 1 aliphatic rings. The minimum absolute atomic E-state index is 0.894. The maximum absolute atomic E-state index is 2.55. The molecular formula is C14H28Si. The first kappa shape index (κ1) is 13.0. The lowest BCUT2D eigenvalue weighted by atomic mass is 9.96. The van der Waals surface area contributed by atoms with Gasteiger partial charge in [-0.15, -0.1) is 0 Å². The first-order valence-corrected chi connectivity index (χ1v) is 10.2. The van der Waals surface area contributed by atoms with Crippen LogP contribution in [0, 0.1) is 5.92 Å². The molecule has 2 unspecified atom stereocenters. The van der Waals surface area contributed by atoms with Gasteiger partial charge >= 0.3 is 0 Å². The minimum atomic E-state index is -0.894. The Morgan fingerprint density at radius 3 is 2.40 bits per heavy atom. The van der Waals surface area contributed by atoms with Gasteiger partial charge in [-0.2, -0.15) is 0 Å². The molecule has 0 amide bonds. The van der Waals surface area contributed by atoms with Crippen LogP contribution in [0.15, 0.2) is 12.2 Å². The smallest absolute Gasteiger partial charge is 0.0473 e. The van der Waals surface area contributed by atoms with E-state index in [0.29, 0.717) is 0 Å². The summed E-state index contributed by atoms with van der Waals surface area (Å²) in [5, 5.41) is 0. The molecule has 1 heteroatoms. The monoisotopic (exact) mass is 224 g/mol. The van der Waals surface area contributed by atoms with E-state index in [9.17, 15) is 0 Å². The van der Waals surface area contributed by atoms with Crippen LogP contribution in [-0.4, -0.2) is 8.07 Å². The number of rotatable bonds is 3. The Bertz CT molecular complexity index is 200. The molecule has 1 rings (SSSR count). The summed E-state index contributed by atoms with van der Waals surface area (Å²) < 4.78 is 0. The van der Waals surface area contributed by atoms with Gasteiger partial charge in [0.1, 0.15) is 0 Å². The van der Waals surface area contributed by atoms with Gasteiger partial charge in [0.15, 0.2) is 0 Å². The van der Waals surface area contributed by atoms with Crippen LogP contribution in [0.3, 0.4) is 0 Å². The van der Waals surface area contributed by atoms with Crippen molar-refractivity contribution >= 4 is 8.07 Å². The fourth-order valence-corrected chi connectivity index (χ4v) is 4.90. The zero-order valence-electron chi connectivity index (χ0n) is 11.1. The van der Waals surface area contributed by atoms with Gasteiger partial charge in [0.25, 0.3) is 0 Å². The van der Waals surface area contributed by atoms with Crippen LogP contribution in [0.2, 0.25) is 25.2 Å². The first-order chi connectivity index (χ1) is 7.04. The van der Waals surface area contributed by atoms with Crippen molar-refractivity contribution in [2.75, 3.05) is 0 Å². The van der Waals surface area contributed by atoms with Gasteiger partial charge in [-0.1, -0.05) is 57.5 Å². The zero-order chi connectivity index (χ0) is 11.3. The van der Waals surface area contributed by atoms with Crippen molar-refractivity contribution in [3.05, 3.63) is 12.2 Å². The lowest BCUT2D eigenvalue weighted by Gasteiger charge is -2.30. The first-order valence-electron chi connectivity index (χ1n) is 6.65. The molecule has 0 nitrogen and oxygen atoms in total. The van der Waals surface area contributed by atoms with Crippen molar-refractivity contribution in [1.29, 1.82) is 0 Å². The quantitative estimate of drug-likeness (QED) is 0.349. The zero-order valence-corrected chi connectivity index (χ0v) is 12.1. The molecule has 0 heterocycles. The predicted molar refractivity (Wildman–Crippen MR) is 73.1 cm³/mol. The highest BCUT2D eigenvalue weighted by Gasteiger charge is 2.29. The third-order valence-electron chi connectivity index (χ3n) is 3.96. The van der Waals surface area contributed by atoms with Crippen molar-refractivity contribution in [2.45, 2.75) is 70.6 Å². The molecule has 0 bridgehead atoms. The van der Waals surface area contributed by atoms with E-state index >= 15 is 0 Å². The van der Waals surface area contributed by atoms with E-state index in [4.69, 9.17) is 0 Å². The number of hydrogen-bond acceptors (Lipinski definition) is 0. The molecule has 0 spiro atoms. The second-order valence-electron chi connectivity index (χ2n) is 6.25. The second-order valence-corrected chi connectivity index (χ2v) is 11.8. The molecule has 2 atom stereocenters. The Morgan fingerprint density at radius 1 is 1.13 bits per heavy atom. The van der Waals surface area contributed by atoms with Crippen LogP contribution in [0.1, 0.15) is 45.4 Å². The topological polar surface area (TPSA) is 0 Å². The standard InChI is InChI=1S/C14H28Si/c1-5-6-9-13-10-7-8-11-14(12-13)15(2,3)4/h5-6,13-14H,7-12H2,1-4H3. The third kappa shape index (κ3) is 4.54. The highest BCUT2D eigenvalue weighted by atomic mass is 28.3. The molecule has 88 valence electrons. The maximum atomic E-state index is 2.55. The Balaban J connectivity index is 2.53. The summed E-state index contributed by atoms with van der Waals surface area (Å²) in [5.74, 6) is 0.987. The van der Waals surface area contributed by atoms with Crippen molar-refractivity contribution in [1.82, 2.24) is 0 Å². The number of hydrogen-bond donors (Lipinski definition) is 0. The molecule has 1 fully saturated rings. The van der Waals surface area contributed by atoms with Gasteiger partial charge in [0.2, 0.25) is 0 Å². The van der Waals surface area contributed by atoms with Crippen LogP contribution in [0.5, 0.6) is 0 Å². The molecule has 1 saturated carbocycles. The Morgan fingerprint density at radius 2 is 1.80 bits per heavy atom. The highest BCUT2D eigenvalue weighted by molar-refractivity contribution is 6.77. The van der Waals surface area contributed by atoms with E-state index in [-0.39, 0.29) is 0 Å². The van der Waals surface area contributed by atoms with Gasteiger partial charge in [0, 0.05) is 8.07 Å². The summed E-state index contributed by atoms with van der Waals surface area (Å²) in [6.07, 6.45) is 13.4. The summed E-state index contributed by atoms with van der Waals surface area (Å²) >= 11 is 0.